The van der Waals surface area contributed by atoms with E-state index in [1.165, 1.54) is 0 Å². The summed E-state index contributed by atoms with van der Waals surface area (Å²) in [5.74, 6) is 2.22. The standard InChI is InChI=1S/C12H16N6OS/c1-6-2-3-7-5-20(19)11-8-9(16-17-11)14-12(13)15-10(8)18(7)4-6/h6-7H,2-5H2,1H3,(H3,13,14,15,16,17)/t6?,7-,20?/m1/s1. The van der Waals surface area contributed by atoms with Crippen LogP contribution in [0.1, 0.15) is 19.8 Å². The Kier molecular flexibility index (Phi) is 2.50. The van der Waals surface area contributed by atoms with Crippen molar-refractivity contribution >= 4 is 33.6 Å². The normalized spacial score (nSPS) is 29.2. The van der Waals surface area contributed by atoms with Crippen molar-refractivity contribution in [3.63, 3.8) is 0 Å². The fourth-order valence-electron chi connectivity index (χ4n) is 3.17. The Labute approximate surface area is 118 Å². The zero-order valence-corrected chi connectivity index (χ0v) is 12.0. The van der Waals surface area contributed by atoms with E-state index in [0.717, 1.165) is 30.6 Å². The Morgan fingerprint density at radius 1 is 1.40 bits per heavy atom. The summed E-state index contributed by atoms with van der Waals surface area (Å²) >= 11 is 0. The number of hydrogen-bond donors (Lipinski definition) is 2. The molecule has 0 bridgehead atoms. The smallest absolute Gasteiger partial charge is 0.224 e. The highest BCUT2D eigenvalue weighted by Crippen LogP contribution is 2.37. The van der Waals surface area contributed by atoms with Crippen LogP contribution in [0.4, 0.5) is 11.8 Å². The van der Waals surface area contributed by atoms with E-state index >= 15 is 0 Å². The molecule has 7 nitrogen and oxygen atoms in total. The Morgan fingerprint density at radius 2 is 2.25 bits per heavy atom. The lowest BCUT2D eigenvalue weighted by molar-refractivity contribution is 0.391. The van der Waals surface area contributed by atoms with Crippen LogP contribution in [0, 0.1) is 5.92 Å². The largest absolute Gasteiger partial charge is 0.368 e. The molecule has 0 radical (unpaired) electrons. The molecule has 4 rings (SSSR count). The van der Waals surface area contributed by atoms with Crippen LogP contribution >= 0.6 is 0 Å². The van der Waals surface area contributed by atoms with Crippen LogP contribution in [-0.4, -0.2) is 42.7 Å². The molecule has 4 heterocycles. The predicted octanol–water partition coefficient (Wildman–Crippen LogP) is 0.661. The highest BCUT2D eigenvalue weighted by molar-refractivity contribution is 7.85. The van der Waals surface area contributed by atoms with Gasteiger partial charge in [0, 0.05) is 12.6 Å². The fourth-order valence-corrected chi connectivity index (χ4v) is 4.59. The van der Waals surface area contributed by atoms with Crippen molar-refractivity contribution in [3.05, 3.63) is 0 Å². The average molecular weight is 292 g/mol. The van der Waals surface area contributed by atoms with Crippen molar-refractivity contribution in [2.45, 2.75) is 30.8 Å². The fraction of sp³-hybridized carbons (Fsp3) is 0.583. The third-order valence-electron chi connectivity index (χ3n) is 4.16. The lowest BCUT2D eigenvalue weighted by Gasteiger charge is -2.38. The molecular formula is C12H16N6OS. The van der Waals surface area contributed by atoms with Crippen molar-refractivity contribution in [2.24, 2.45) is 5.92 Å². The van der Waals surface area contributed by atoms with Gasteiger partial charge in [0.05, 0.1) is 21.9 Å². The molecule has 0 amide bonds. The molecule has 2 aliphatic heterocycles. The van der Waals surface area contributed by atoms with E-state index in [-0.39, 0.29) is 12.0 Å². The van der Waals surface area contributed by atoms with Gasteiger partial charge in [0.15, 0.2) is 5.65 Å². The lowest BCUT2D eigenvalue weighted by atomic mass is 9.95. The van der Waals surface area contributed by atoms with Gasteiger partial charge in [-0.25, -0.2) is 0 Å². The minimum atomic E-state index is -1.09. The number of nitrogens with two attached hydrogens (primary N) is 1. The second kappa shape index (κ2) is 4.15. The highest BCUT2D eigenvalue weighted by atomic mass is 32.2. The van der Waals surface area contributed by atoms with Crippen LogP contribution in [-0.2, 0) is 10.8 Å². The van der Waals surface area contributed by atoms with Gasteiger partial charge in [-0.3, -0.25) is 9.31 Å². The molecular weight excluding hydrogens is 276 g/mol. The number of nitrogens with zero attached hydrogens (tertiary/aromatic N) is 4. The number of H-pyrrole nitrogens is 1. The van der Waals surface area contributed by atoms with Gasteiger partial charge in [-0.1, -0.05) is 6.92 Å². The van der Waals surface area contributed by atoms with E-state index in [1.54, 1.807) is 0 Å². The quantitative estimate of drug-likeness (QED) is 0.740. The summed E-state index contributed by atoms with van der Waals surface area (Å²) in [5.41, 5.74) is 6.31. The zero-order valence-electron chi connectivity index (χ0n) is 11.2. The van der Waals surface area contributed by atoms with E-state index < -0.39 is 10.8 Å². The summed E-state index contributed by atoms with van der Waals surface area (Å²) in [6.07, 6.45) is 2.20. The van der Waals surface area contributed by atoms with E-state index in [1.807, 2.05) is 0 Å². The van der Waals surface area contributed by atoms with Crippen LogP contribution < -0.4 is 10.6 Å². The maximum absolute atomic E-state index is 12.5. The maximum Gasteiger partial charge on any atom is 0.224 e. The molecule has 0 aliphatic carbocycles. The van der Waals surface area contributed by atoms with E-state index in [4.69, 9.17) is 5.73 Å². The van der Waals surface area contributed by atoms with E-state index in [0.29, 0.717) is 22.3 Å². The van der Waals surface area contributed by atoms with Crippen LogP contribution in [0.2, 0.25) is 0 Å². The summed E-state index contributed by atoms with van der Waals surface area (Å²) in [7, 11) is -1.09. The van der Waals surface area contributed by atoms with Crippen LogP contribution in [0.25, 0.3) is 11.0 Å². The maximum atomic E-state index is 12.5. The van der Waals surface area contributed by atoms with Crippen molar-refractivity contribution in [3.8, 4) is 0 Å². The van der Waals surface area contributed by atoms with Crippen molar-refractivity contribution in [2.75, 3.05) is 22.9 Å². The van der Waals surface area contributed by atoms with E-state index in [9.17, 15) is 4.21 Å². The van der Waals surface area contributed by atoms with Gasteiger partial charge in [-0.15, -0.1) is 0 Å². The molecule has 0 spiro atoms. The van der Waals surface area contributed by atoms with Crippen LogP contribution in [0.5, 0.6) is 0 Å². The molecule has 0 saturated carbocycles. The molecule has 1 fully saturated rings. The number of nitrogen functional groups attached to an aromatic ring is 1. The van der Waals surface area contributed by atoms with Gasteiger partial charge in [0.25, 0.3) is 0 Å². The first kappa shape index (κ1) is 12.1. The zero-order chi connectivity index (χ0) is 13.9. The Bertz CT molecular complexity index is 713. The van der Waals surface area contributed by atoms with Crippen molar-refractivity contribution in [1.29, 1.82) is 0 Å². The highest BCUT2D eigenvalue weighted by Gasteiger charge is 2.35. The Morgan fingerprint density at radius 3 is 3.10 bits per heavy atom. The summed E-state index contributed by atoms with van der Waals surface area (Å²) in [5, 5.41) is 8.39. The molecule has 2 unspecified atom stereocenters. The van der Waals surface area contributed by atoms with Crippen molar-refractivity contribution in [1.82, 2.24) is 20.2 Å². The number of aromatic amines is 1. The van der Waals surface area contributed by atoms with Gasteiger partial charge in [-0.05, 0) is 18.8 Å². The SMILES string of the molecule is CC1CC[C@@H]2CS(=O)c3[nH]nc4nc(N)nc(c34)N2C1. The molecule has 2 aromatic rings. The predicted molar refractivity (Wildman–Crippen MR) is 76.9 cm³/mol. The topological polar surface area (TPSA) is 101 Å². The monoisotopic (exact) mass is 292 g/mol. The lowest BCUT2D eigenvalue weighted by Crippen LogP contribution is -2.45. The molecule has 2 aromatic heterocycles. The number of piperidine rings is 1. The summed E-state index contributed by atoms with van der Waals surface area (Å²) in [6, 6.07) is 0.255. The molecule has 3 N–H and O–H groups in total. The third kappa shape index (κ3) is 1.64. The number of anilines is 2. The van der Waals surface area contributed by atoms with Crippen LogP contribution in [0.3, 0.4) is 0 Å². The van der Waals surface area contributed by atoms with Gasteiger partial charge in [0.1, 0.15) is 10.8 Å². The Hall–Kier alpha value is -1.70. The minimum absolute atomic E-state index is 0.218. The number of hydrogen-bond acceptors (Lipinski definition) is 6. The second-order valence-electron chi connectivity index (χ2n) is 5.66. The molecule has 106 valence electrons. The number of rotatable bonds is 0. The third-order valence-corrected chi connectivity index (χ3v) is 5.60. The first-order chi connectivity index (χ1) is 9.63. The minimum Gasteiger partial charge on any atom is -0.368 e. The molecule has 1 saturated heterocycles. The van der Waals surface area contributed by atoms with Gasteiger partial charge >= 0.3 is 0 Å². The molecule has 2 aliphatic rings. The summed E-state index contributed by atoms with van der Waals surface area (Å²) in [4.78, 5) is 10.8. The van der Waals surface area contributed by atoms with E-state index in [2.05, 4.69) is 32.0 Å². The number of nitrogens with one attached hydrogen (secondary N) is 1. The van der Waals surface area contributed by atoms with Gasteiger partial charge in [0.2, 0.25) is 5.95 Å². The molecule has 8 heteroatoms. The first-order valence-corrected chi connectivity index (χ1v) is 8.12. The second-order valence-corrected chi connectivity index (χ2v) is 7.09. The average Bonchev–Trinajstić information content (AvgIpc) is 2.78. The molecule has 20 heavy (non-hydrogen) atoms. The summed E-state index contributed by atoms with van der Waals surface area (Å²) < 4.78 is 12.5. The molecule has 3 atom stereocenters. The molecule has 0 aromatic carbocycles. The summed E-state index contributed by atoms with van der Waals surface area (Å²) in [6.45, 7) is 3.15. The van der Waals surface area contributed by atoms with Crippen LogP contribution in [0.15, 0.2) is 5.03 Å². The van der Waals surface area contributed by atoms with Gasteiger partial charge in [-0.2, -0.15) is 15.1 Å². The van der Waals surface area contributed by atoms with Gasteiger partial charge < -0.3 is 10.6 Å². The number of fused-ring (bicyclic) bond motifs is 2. The Balaban J connectivity index is 1.99. The first-order valence-electron chi connectivity index (χ1n) is 6.80. The van der Waals surface area contributed by atoms with Crippen molar-refractivity contribution < 1.29 is 4.21 Å². The number of aromatic nitrogens is 4.